The number of hydrogen-bond donors (Lipinski definition) is 2. The molecule has 0 saturated carbocycles. The first-order valence-electron chi connectivity index (χ1n) is 13.6. The molecule has 3 fully saturated rings. The van der Waals surface area contributed by atoms with E-state index in [1.165, 1.54) is 36.8 Å². The Morgan fingerprint density at radius 2 is 1.84 bits per heavy atom. The number of alkyl halides is 3. The van der Waals surface area contributed by atoms with Gasteiger partial charge in [0.25, 0.3) is 0 Å². The first-order chi connectivity index (χ1) is 20.6. The summed E-state index contributed by atoms with van der Waals surface area (Å²) < 4.78 is 52.9. The van der Waals surface area contributed by atoms with Crippen molar-refractivity contribution in [2.75, 3.05) is 18.0 Å². The first-order valence-corrected chi connectivity index (χ1v) is 13.6. The van der Waals surface area contributed by atoms with Crippen molar-refractivity contribution in [2.24, 2.45) is 0 Å². The standard InChI is InChI=1S/C30H24F4N8O/c31-21-2-3-26(43)18(5-21)13-42-22-6-23(42)15-40(14-22)27-4-1-17(9-36-27)28-19(8-35)10-37-29-24(28)7-25(39-29)20-11-38-41(12-20)16-30(32,33)34/h1-5,7,9-12,22-23,43H,6,13-16H2,(H,37,39). The molecule has 9 nitrogen and oxygen atoms in total. The largest absolute Gasteiger partial charge is 0.508 e. The minimum Gasteiger partial charge on any atom is -0.508 e. The molecule has 43 heavy (non-hydrogen) atoms. The smallest absolute Gasteiger partial charge is 0.408 e. The highest BCUT2D eigenvalue weighted by atomic mass is 19.4. The molecule has 3 saturated heterocycles. The third kappa shape index (κ3) is 5.03. The van der Waals surface area contributed by atoms with Gasteiger partial charge in [-0.15, -0.1) is 0 Å². The van der Waals surface area contributed by atoms with Crippen LogP contribution in [-0.2, 0) is 13.1 Å². The Labute approximate surface area is 242 Å². The second-order valence-electron chi connectivity index (χ2n) is 10.9. The van der Waals surface area contributed by atoms with Gasteiger partial charge in [0.2, 0.25) is 0 Å². The summed E-state index contributed by atoms with van der Waals surface area (Å²) in [5.41, 5.74) is 3.72. The zero-order valence-electron chi connectivity index (χ0n) is 22.6. The highest BCUT2D eigenvalue weighted by Crippen LogP contribution is 2.38. The molecule has 0 aliphatic carbocycles. The van der Waals surface area contributed by atoms with Crippen LogP contribution in [0.5, 0.6) is 5.75 Å². The van der Waals surface area contributed by atoms with Gasteiger partial charge in [-0.3, -0.25) is 9.58 Å². The maximum atomic E-state index is 13.7. The molecular weight excluding hydrogens is 564 g/mol. The van der Waals surface area contributed by atoms with Crippen LogP contribution in [0.15, 0.2) is 61.2 Å². The Hall–Kier alpha value is -4.96. The summed E-state index contributed by atoms with van der Waals surface area (Å²) in [6, 6.07) is 12.3. The Balaban J connectivity index is 1.11. The molecule has 0 radical (unpaired) electrons. The molecule has 5 aromatic rings. The number of phenolic OH excluding ortho intramolecular Hbond substituents is 1. The van der Waals surface area contributed by atoms with Crippen LogP contribution in [-0.4, -0.2) is 66.1 Å². The molecule has 8 rings (SSSR count). The molecule has 2 bridgehead atoms. The summed E-state index contributed by atoms with van der Waals surface area (Å²) in [7, 11) is 0. The van der Waals surface area contributed by atoms with Gasteiger partial charge >= 0.3 is 6.18 Å². The summed E-state index contributed by atoms with van der Waals surface area (Å²) >= 11 is 0. The van der Waals surface area contributed by atoms with Crippen LogP contribution >= 0.6 is 0 Å². The molecule has 3 aliphatic rings. The second kappa shape index (κ2) is 10.1. The first kappa shape index (κ1) is 26.9. The molecule has 2 atom stereocenters. The van der Waals surface area contributed by atoms with E-state index in [1.54, 1.807) is 12.3 Å². The van der Waals surface area contributed by atoms with Crippen molar-refractivity contribution < 1.29 is 22.7 Å². The van der Waals surface area contributed by atoms with Gasteiger partial charge in [-0.1, -0.05) is 0 Å². The van der Waals surface area contributed by atoms with Crippen molar-refractivity contribution in [1.82, 2.24) is 29.6 Å². The number of nitrogens with one attached hydrogen (secondary N) is 1. The van der Waals surface area contributed by atoms with E-state index in [-0.39, 0.29) is 23.7 Å². The summed E-state index contributed by atoms with van der Waals surface area (Å²) in [4.78, 5) is 16.7. The van der Waals surface area contributed by atoms with Crippen LogP contribution in [0.25, 0.3) is 33.4 Å². The van der Waals surface area contributed by atoms with Crippen LogP contribution in [0.2, 0.25) is 0 Å². The monoisotopic (exact) mass is 588 g/mol. The Morgan fingerprint density at radius 1 is 1.02 bits per heavy atom. The third-order valence-corrected chi connectivity index (χ3v) is 8.16. The van der Waals surface area contributed by atoms with E-state index in [4.69, 9.17) is 4.98 Å². The number of aromatic hydroxyl groups is 1. The second-order valence-corrected chi connectivity index (χ2v) is 10.9. The predicted molar refractivity (Wildman–Crippen MR) is 149 cm³/mol. The number of rotatable bonds is 6. The van der Waals surface area contributed by atoms with Gasteiger partial charge in [-0.2, -0.15) is 23.5 Å². The van der Waals surface area contributed by atoms with Gasteiger partial charge in [0.15, 0.2) is 0 Å². The van der Waals surface area contributed by atoms with Gasteiger partial charge in [-0.25, -0.2) is 14.4 Å². The normalized spacial score (nSPS) is 18.5. The number of pyridine rings is 2. The van der Waals surface area contributed by atoms with Gasteiger partial charge in [0.05, 0.1) is 17.5 Å². The molecule has 218 valence electrons. The molecule has 1 aromatic carbocycles. The van der Waals surface area contributed by atoms with E-state index < -0.39 is 12.7 Å². The number of aromatic amines is 1. The summed E-state index contributed by atoms with van der Waals surface area (Å²) in [5.74, 6) is 0.513. The van der Waals surface area contributed by atoms with Gasteiger partial charge in [0.1, 0.15) is 35.6 Å². The average Bonchev–Trinajstić information content (AvgIpc) is 3.63. The topological polar surface area (TPSA) is 110 Å². The lowest BCUT2D eigenvalue weighted by molar-refractivity contribution is -0.142. The van der Waals surface area contributed by atoms with E-state index in [9.17, 15) is 27.9 Å². The number of benzene rings is 1. The Morgan fingerprint density at radius 3 is 2.56 bits per heavy atom. The van der Waals surface area contributed by atoms with Gasteiger partial charge in [-0.05, 0) is 42.8 Å². The summed E-state index contributed by atoms with van der Waals surface area (Å²) in [6.07, 6.45) is 2.47. The molecule has 13 heteroatoms. The molecule has 0 spiro atoms. The van der Waals surface area contributed by atoms with E-state index in [0.29, 0.717) is 51.1 Å². The number of anilines is 1. The fraction of sp³-hybridized carbons (Fsp3) is 0.267. The number of piperazine rings is 1. The number of aromatic nitrogens is 5. The van der Waals surface area contributed by atoms with Gasteiger partial charge < -0.3 is 15.0 Å². The van der Waals surface area contributed by atoms with Crippen LogP contribution in [0.3, 0.4) is 0 Å². The fourth-order valence-corrected chi connectivity index (χ4v) is 6.13. The number of phenols is 1. The molecule has 2 unspecified atom stereocenters. The van der Waals surface area contributed by atoms with E-state index >= 15 is 0 Å². The quantitative estimate of drug-likeness (QED) is 0.262. The van der Waals surface area contributed by atoms with Crippen LogP contribution in [0, 0.1) is 17.1 Å². The van der Waals surface area contributed by atoms with Crippen molar-refractivity contribution in [1.29, 1.82) is 5.26 Å². The molecule has 7 heterocycles. The summed E-state index contributed by atoms with van der Waals surface area (Å²) in [6.45, 7) is 0.770. The van der Waals surface area contributed by atoms with Crippen molar-refractivity contribution in [3.05, 3.63) is 78.1 Å². The molecule has 2 N–H and O–H groups in total. The predicted octanol–water partition coefficient (Wildman–Crippen LogP) is 5.23. The third-order valence-electron chi connectivity index (χ3n) is 8.16. The zero-order chi connectivity index (χ0) is 29.9. The maximum absolute atomic E-state index is 13.7. The number of piperidine rings is 1. The highest BCUT2D eigenvalue weighted by molar-refractivity contribution is 5.98. The number of H-pyrrole nitrogens is 1. The van der Waals surface area contributed by atoms with Crippen LogP contribution in [0.4, 0.5) is 23.4 Å². The fourth-order valence-electron chi connectivity index (χ4n) is 6.13. The Bertz CT molecular complexity index is 1860. The minimum absolute atomic E-state index is 0.0912. The van der Waals surface area contributed by atoms with Crippen molar-refractivity contribution in [3.8, 4) is 34.2 Å². The highest BCUT2D eigenvalue weighted by Gasteiger charge is 2.45. The molecular formula is C30H24F4N8O. The summed E-state index contributed by atoms with van der Waals surface area (Å²) in [5, 5.41) is 24.4. The van der Waals surface area contributed by atoms with Crippen molar-refractivity contribution in [2.45, 2.75) is 37.8 Å². The lowest BCUT2D eigenvalue weighted by atomic mass is 9.86. The minimum atomic E-state index is -4.39. The molecule has 3 aliphatic heterocycles. The number of halogens is 4. The number of nitrogens with zero attached hydrogens (tertiary/aromatic N) is 7. The Kier molecular flexibility index (Phi) is 6.32. The lowest BCUT2D eigenvalue weighted by Crippen LogP contribution is -2.68. The van der Waals surface area contributed by atoms with Crippen molar-refractivity contribution in [3.63, 3.8) is 0 Å². The van der Waals surface area contributed by atoms with Crippen LogP contribution in [0.1, 0.15) is 17.5 Å². The number of nitriles is 1. The SMILES string of the molecule is N#Cc1cnc2[nH]c(-c3cnn(CC(F)(F)F)c3)cc2c1-c1ccc(N2CC3CC(C2)N3Cc2cc(F)ccc2O)nc1. The van der Waals surface area contributed by atoms with E-state index in [1.807, 2.05) is 12.1 Å². The van der Waals surface area contributed by atoms with E-state index in [2.05, 4.69) is 30.9 Å². The van der Waals surface area contributed by atoms with Crippen LogP contribution < -0.4 is 4.90 Å². The number of fused-ring (bicyclic) bond motifs is 3. The number of hydrogen-bond acceptors (Lipinski definition) is 7. The zero-order valence-corrected chi connectivity index (χ0v) is 22.6. The molecule has 0 amide bonds. The lowest BCUT2D eigenvalue weighted by Gasteiger charge is -2.56. The van der Waals surface area contributed by atoms with Gasteiger partial charge in [0, 0.05) is 77.9 Å². The van der Waals surface area contributed by atoms with Crippen molar-refractivity contribution >= 4 is 16.9 Å². The molecule has 4 aromatic heterocycles. The maximum Gasteiger partial charge on any atom is 0.408 e. The average molecular weight is 589 g/mol. The van der Waals surface area contributed by atoms with E-state index in [0.717, 1.165) is 30.0 Å².